The van der Waals surface area contributed by atoms with Crippen molar-refractivity contribution >= 4 is 5.97 Å². The molecular formula is C31H32O4. The van der Waals surface area contributed by atoms with Gasteiger partial charge in [-0.05, 0) is 43.0 Å². The van der Waals surface area contributed by atoms with Crippen molar-refractivity contribution in [3.05, 3.63) is 108 Å². The number of hydrogen-bond donors (Lipinski definition) is 0. The predicted octanol–water partition coefficient (Wildman–Crippen LogP) is 5.86. The zero-order chi connectivity index (χ0) is 24.3. The Morgan fingerprint density at radius 2 is 1.46 bits per heavy atom. The van der Waals surface area contributed by atoms with E-state index in [4.69, 9.17) is 14.2 Å². The second-order valence-corrected chi connectivity index (χ2v) is 8.99. The Labute approximate surface area is 208 Å². The van der Waals surface area contributed by atoms with E-state index < -0.39 is 11.9 Å². The molecule has 0 radical (unpaired) electrons. The van der Waals surface area contributed by atoms with Gasteiger partial charge in [0.2, 0.25) is 0 Å². The molecule has 0 aromatic heterocycles. The molecule has 0 N–H and O–H groups in total. The number of rotatable bonds is 9. The smallest absolute Gasteiger partial charge is 0.339 e. The zero-order valence-corrected chi connectivity index (χ0v) is 20.2. The lowest BCUT2D eigenvalue weighted by Crippen LogP contribution is -2.32. The summed E-state index contributed by atoms with van der Waals surface area (Å²) in [7, 11) is 0. The van der Waals surface area contributed by atoms with Crippen molar-refractivity contribution < 1.29 is 19.0 Å². The molecule has 0 saturated carbocycles. The fourth-order valence-corrected chi connectivity index (χ4v) is 4.28. The predicted molar refractivity (Wildman–Crippen MR) is 137 cm³/mol. The van der Waals surface area contributed by atoms with Gasteiger partial charge in [-0.15, -0.1) is 0 Å². The summed E-state index contributed by atoms with van der Waals surface area (Å²) in [6.07, 6.45) is 2.23. The number of carbonyl (C=O) groups is 1. The second-order valence-electron chi connectivity index (χ2n) is 8.99. The Hall–Kier alpha value is -3.39. The lowest BCUT2D eigenvalue weighted by atomic mass is 9.88. The first kappa shape index (κ1) is 24.7. The fourth-order valence-electron chi connectivity index (χ4n) is 4.28. The van der Waals surface area contributed by atoms with Crippen LogP contribution in [0.5, 0.6) is 0 Å². The summed E-state index contributed by atoms with van der Waals surface area (Å²) in [5, 5.41) is 0. The normalized spacial score (nSPS) is 16.0. The van der Waals surface area contributed by atoms with Crippen molar-refractivity contribution in [3.8, 4) is 11.8 Å². The maximum atomic E-state index is 13.0. The van der Waals surface area contributed by atoms with Crippen molar-refractivity contribution in [2.75, 3.05) is 13.2 Å². The highest BCUT2D eigenvalue weighted by atomic mass is 16.7. The van der Waals surface area contributed by atoms with Crippen LogP contribution in [0.1, 0.15) is 41.3 Å². The van der Waals surface area contributed by atoms with Crippen molar-refractivity contribution in [3.63, 3.8) is 0 Å². The highest BCUT2D eigenvalue weighted by Gasteiger charge is 2.34. The highest BCUT2D eigenvalue weighted by Crippen LogP contribution is 2.30. The first-order chi connectivity index (χ1) is 17.1. The first-order valence-corrected chi connectivity index (χ1v) is 12.2. The van der Waals surface area contributed by atoms with Crippen molar-refractivity contribution in [1.82, 2.24) is 0 Å². The third kappa shape index (κ3) is 7.55. The minimum Gasteiger partial charge on any atom is -0.445 e. The summed E-state index contributed by atoms with van der Waals surface area (Å²) >= 11 is 0. The van der Waals surface area contributed by atoms with Crippen molar-refractivity contribution in [2.24, 2.45) is 5.92 Å². The van der Waals surface area contributed by atoms with Crippen LogP contribution >= 0.6 is 0 Å². The van der Waals surface area contributed by atoms with Crippen LogP contribution in [0.3, 0.4) is 0 Å². The summed E-state index contributed by atoms with van der Waals surface area (Å²) in [5.41, 5.74) is 2.84. The van der Waals surface area contributed by atoms with Crippen LogP contribution in [0.25, 0.3) is 0 Å². The molecule has 1 aliphatic heterocycles. The quantitative estimate of drug-likeness (QED) is 0.291. The van der Waals surface area contributed by atoms with E-state index in [1.54, 1.807) is 12.1 Å². The molecule has 3 aromatic carbocycles. The minimum absolute atomic E-state index is 0.0158. The maximum absolute atomic E-state index is 13.0. The standard InChI is InChI=1S/C31H32O4/c1-31(33-22-23-34-31)21-20-28(24-26-14-7-3-8-15-26)29(19-11-16-25-12-5-2-6-13-25)35-30(32)27-17-9-4-10-18-27/h2-10,12-15,17-18,28-29H,16,20-24H2,1H3. The lowest BCUT2D eigenvalue weighted by molar-refractivity contribution is -0.150. The van der Waals surface area contributed by atoms with Gasteiger partial charge in [0.05, 0.1) is 18.8 Å². The van der Waals surface area contributed by atoms with Gasteiger partial charge in [-0.25, -0.2) is 4.79 Å². The fraction of sp³-hybridized carbons (Fsp3) is 0.323. The van der Waals surface area contributed by atoms with E-state index in [9.17, 15) is 4.79 Å². The van der Waals surface area contributed by atoms with E-state index in [0.29, 0.717) is 31.6 Å². The van der Waals surface area contributed by atoms with Crippen LogP contribution in [-0.4, -0.2) is 31.1 Å². The van der Waals surface area contributed by atoms with Crippen molar-refractivity contribution in [1.29, 1.82) is 0 Å². The van der Waals surface area contributed by atoms with Crippen molar-refractivity contribution in [2.45, 2.75) is 44.5 Å². The average Bonchev–Trinajstić information content (AvgIpc) is 3.34. The average molecular weight is 469 g/mol. The molecule has 0 spiro atoms. The van der Waals surface area contributed by atoms with E-state index in [-0.39, 0.29) is 11.9 Å². The lowest BCUT2D eigenvalue weighted by Gasteiger charge is -2.28. The second kappa shape index (κ2) is 12.4. The molecule has 1 fully saturated rings. The van der Waals surface area contributed by atoms with E-state index in [1.165, 1.54) is 5.56 Å². The largest absolute Gasteiger partial charge is 0.445 e. The van der Waals surface area contributed by atoms with Crippen LogP contribution in [0.4, 0.5) is 0 Å². The Morgan fingerprint density at radius 1 is 0.886 bits per heavy atom. The molecule has 1 heterocycles. The maximum Gasteiger partial charge on any atom is 0.339 e. The molecule has 180 valence electrons. The number of esters is 1. The summed E-state index contributed by atoms with van der Waals surface area (Å²) in [6, 6.07) is 29.5. The molecule has 0 aliphatic carbocycles. The summed E-state index contributed by atoms with van der Waals surface area (Å²) in [6.45, 7) is 3.18. The Balaban J connectivity index is 1.58. The third-order valence-electron chi connectivity index (χ3n) is 6.26. The molecule has 1 saturated heterocycles. The molecule has 4 rings (SSSR count). The zero-order valence-electron chi connectivity index (χ0n) is 20.2. The van der Waals surface area contributed by atoms with Gasteiger partial charge >= 0.3 is 5.97 Å². The van der Waals surface area contributed by atoms with Gasteiger partial charge in [0.25, 0.3) is 0 Å². The van der Waals surface area contributed by atoms with Crippen LogP contribution in [0.15, 0.2) is 91.0 Å². The van der Waals surface area contributed by atoms with Gasteiger partial charge < -0.3 is 14.2 Å². The molecule has 4 nitrogen and oxygen atoms in total. The van der Waals surface area contributed by atoms with Gasteiger partial charge in [0, 0.05) is 18.8 Å². The molecule has 4 heteroatoms. The molecule has 3 aromatic rings. The van der Waals surface area contributed by atoms with Gasteiger partial charge in [-0.3, -0.25) is 0 Å². The summed E-state index contributed by atoms with van der Waals surface area (Å²) in [5.74, 6) is 5.59. The number of hydrogen-bond acceptors (Lipinski definition) is 4. The van der Waals surface area contributed by atoms with Crippen LogP contribution < -0.4 is 0 Å². The molecule has 0 amide bonds. The third-order valence-corrected chi connectivity index (χ3v) is 6.26. The van der Waals surface area contributed by atoms with Gasteiger partial charge in [0.1, 0.15) is 0 Å². The molecule has 2 unspecified atom stereocenters. The minimum atomic E-state index is -0.611. The van der Waals surface area contributed by atoms with E-state index in [0.717, 1.165) is 18.4 Å². The Kier molecular flexibility index (Phi) is 8.73. The van der Waals surface area contributed by atoms with E-state index in [2.05, 4.69) is 36.1 Å². The summed E-state index contributed by atoms with van der Waals surface area (Å²) in [4.78, 5) is 13.0. The number of benzene rings is 3. The molecule has 0 bridgehead atoms. The Bertz CT molecular complexity index is 1110. The highest BCUT2D eigenvalue weighted by molar-refractivity contribution is 5.89. The van der Waals surface area contributed by atoms with Gasteiger partial charge in [-0.2, -0.15) is 0 Å². The topological polar surface area (TPSA) is 44.8 Å². The monoisotopic (exact) mass is 468 g/mol. The van der Waals surface area contributed by atoms with Crippen LogP contribution in [0, 0.1) is 17.8 Å². The van der Waals surface area contributed by atoms with Gasteiger partial charge in [0.15, 0.2) is 11.9 Å². The Morgan fingerprint density at radius 3 is 2.09 bits per heavy atom. The summed E-state index contributed by atoms with van der Waals surface area (Å²) < 4.78 is 17.8. The van der Waals surface area contributed by atoms with E-state index >= 15 is 0 Å². The first-order valence-electron chi connectivity index (χ1n) is 12.2. The molecule has 1 aliphatic rings. The van der Waals surface area contributed by atoms with Crippen LogP contribution in [0.2, 0.25) is 0 Å². The van der Waals surface area contributed by atoms with E-state index in [1.807, 2.05) is 61.5 Å². The molecule has 2 atom stereocenters. The van der Waals surface area contributed by atoms with Gasteiger partial charge in [-0.1, -0.05) is 90.7 Å². The van der Waals surface area contributed by atoms with Crippen LogP contribution in [-0.2, 0) is 27.1 Å². The number of carbonyl (C=O) groups excluding carboxylic acids is 1. The SMILES string of the molecule is CC1(CCC(Cc2ccccc2)C(C#CCc2ccccc2)OC(=O)c2ccccc2)OCCO1. The molecular weight excluding hydrogens is 436 g/mol. The molecule has 35 heavy (non-hydrogen) atoms. The number of ether oxygens (including phenoxy) is 3.